The van der Waals surface area contributed by atoms with Crippen molar-refractivity contribution in [1.29, 1.82) is 0 Å². The van der Waals surface area contributed by atoms with E-state index in [-0.39, 0.29) is 5.48 Å². The third kappa shape index (κ3) is 2.00. The summed E-state index contributed by atoms with van der Waals surface area (Å²) in [6, 6.07) is 9.79. The minimum absolute atomic E-state index is 0. The zero-order valence-electron chi connectivity index (χ0n) is 4.24. The summed E-state index contributed by atoms with van der Waals surface area (Å²) in [5.41, 5.74) is 0. The fourth-order valence-corrected chi connectivity index (χ4v) is 0.600. The van der Waals surface area contributed by atoms with Crippen molar-refractivity contribution in [1.82, 2.24) is 0 Å². The zero-order valence-corrected chi connectivity index (χ0v) is 5.14. The second kappa shape index (κ2) is 3.52. The first kappa shape index (κ1) is 7.53. The van der Waals surface area contributed by atoms with Crippen LogP contribution in [0.4, 0.5) is 0 Å². The Morgan fingerprint density at radius 2 is 1.50 bits per heavy atom. The molecular formula is C6H6OS. The van der Waals surface area contributed by atoms with Gasteiger partial charge < -0.3 is 0 Å². The van der Waals surface area contributed by atoms with E-state index in [1.54, 1.807) is 0 Å². The molecule has 0 aliphatic rings. The summed E-state index contributed by atoms with van der Waals surface area (Å²) in [6.07, 6.45) is 0. The number of hydrogen-bond donors (Lipinski definition) is 1. The molecule has 1 nitrogen and oxygen atoms in total. The average molecular weight is 126 g/mol. The highest BCUT2D eigenvalue weighted by molar-refractivity contribution is 7.80. The second-order valence-electron chi connectivity index (χ2n) is 1.34. The first-order valence-corrected chi connectivity index (χ1v) is 2.58. The molecule has 0 fully saturated rings. The van der Waals surface area contributed by atoms with Crippen LogP contribution in [0.2, 0.25) is 0 Å². The molecular weight excluding hydrogens is 120 g/mol. The molecule has 8 heavy (non-hydrogen) atoms. The molecule has 0 heterocycles. The molecule has 0 saturated carbocycles. The smallest absolute Gasteiger partial charge is 0.00399 e. The highest BCUT2D eigenvalue weighted by Gasteiger charge is 1.73. The first-order valence-electron chi connectivity index (χ1n) is 2.13. The Morgan fingerprint density at radius 1 is 1.00 bits per heavy atom. The van der Waals surface area contributed by atoms with Crippen molar-refractivity contribution in [3.05, 3.63) is 30.3 Å². The maximum absolute atomic E-state index is 4.08. The van der Waals surface area contributed by atoms with Crippen molar-refractivity contribution in [2.75, 3.05) is 0 Å². The standard InChI is InChI=1S/C6H6S.O/c7-6-4-2-1-3-5-6;/h1-5,7H;. The van der Waals surface area contributed by atoms with Gasteiger partial charge in [0, 0.05) is 10.4 Å². The lowest BCUT2D eigenvalue weighted by atomic mass is 10.4. The van der Waals surface area contributed by atoms with E-state index in [9.17, 15) is 0 Å². The van der Waals surface area contributed by atoms with E-state index in [0.717, 1.165) is 4.90 Å². The minimum atomic E-state index is 0. The molecule has 1 aromatic rings. The lowest BCUT2D eigenvalue weighted by molar-refractivity contribution is 0.686. The Balaban J connectivity index is 0.000000490. The summed E-state index contributed by atoms with van der Waals surface area (Å²) in [5, 5.41) is 0. The van der Waals surface area contributed by atoms with Crippen LogP contribution >= 0.6 is 12.6 Å². The normalized spacial score (nSPS) is 7.62. The van der Waals surface area contributed by atoms with Gasteiger partial charge in [-0.1, -0.05) is 18.2 Å². The van der Waals surface area contributed by atoms with Gasteiger partial charge in [0.15, 0.2) is 0 Å². The molecule has 0 aliphatic heterocycles. The van der Waals surface area contributed by atoms with Gasteiger partial charge in [-0.25, -0.2) is 0 Å². The van der Waals surface area contributed by atoms with Crippen molar-refractivity contribution < 1.29 is 5.48 Å². The van der Waals surface area contributed by atoms with Gasteiger partial charge in [-0.2, -0.15) is 0 Å². The minimum Gasteiger partial charge on any atom is -0.143 e. The van der Waals surface area contributed by atoms with Crippen LogP contribution in [-0.2, 0) is 5.48 Å². The monoisotopic (exact) mass is 126 g/mol. The van der Waals surface area contributed by atoms with E-state index in [4.69, 9.17) is 0 Å². The molecule has 42 valence electrons. The molecule has 2 radical (unpaired) electrons. The molecule has 0 bridgehead atoms. The van der Waals surface area contributed by atoms with Crippen molar-refractivity contribution in [2.45, 2.75) is 4.90 Å². The average Bonchev–Trinajstić information content (AvgIpc) is 1.69. The van der Waals surface area contributed by atoms with E-state index >= 15 is 0 Å². The third-order valence-electron chi connectivity index (χ3n) is 0.756. The van der Waals surface area contributed by atoms with E-state index in [2.05, 4.69) is 12.6 Å². The van der Waals surface area contributed by atoms with Crippen LogP contribution in [0.1, 0.15) is 0 Å². The number of hydrogen-bond acceptors (Lipinski definition) is 1. The quantitative estimate of drug-likeness (QED) is 0.514. The molecule has 0 aliphatic carbocycles. The lowest BCUT2D eigenvalue weighted by Gasteiger charge is -1.81. The van der Waals surface area contributed by atoms with Gasteiger partial charge in [-0.15, -0.1) is 12.6 Å². The van der Waals surface area contributed by atoms with E-state index in [1.807, 2.05) is 30.3 Å². The van der Waals surface area contributed by atoms with Gasteiger partial charge >= 0.3 is 0 Å². The Kier molecular flexibility index (Phi) is 3.31. The maximum Gasteiger partial charge on any atom is 0.00399 e. The van der Waals surface area contributed by atoms with Crippen molar-refractivity contribution in [3.63, 3.8) is 0 Å². The van der Waals surface area contributed by atoms with Gasteiger partial charge in [-0.3, -0.25) is 0 Å². The molecule has 1 rings (SSSR count). The van der Waals surface area contributed by atoms with E-state index < -0.39 is 0 Å². The van der Waals surface area contributed by atoms with Crippen LogP contribution < -0.4 is 0 Å². The summed E-state index contributed by atoms with van der Waals surface area (Å²) >= 11 is 4.08. The SMILES string of the molecule is Sc1ccccc1.[O]. The number of rotatable bonds is 0. The fraction of sp³-hybridized carbons (Fsp3) is 0. The number of benzene rings is 1. The van der Waals surface area contributed by atoms with Crippen molar-refractivity contribution in [3.8, 4) is 0 Å². The predicted molar refractivity (Wildman–Crippen MR) is 34.4 cm³/mol. The molecule has 0 unspecified atom stereocenters. The van der Waals surface area contributed by atoms with E-state index in [1.165, 1.54) is 0 Å². The molecule has 1 aromatic carbocycles. The number of thiol groups is 1. The second-order valence-corrected chi connectivity index (χ2v) is 1.85. The molecule has 0 spiro atoms. The molecule has 0 saturated heterocycles. The molecule has 0 atom stereocenters. The largest absolute Gasteiger partial charge is 0.143 e. The third-order valence-corrected chi connectivity index (χ3v) is 1.05. The summed E-state index contributed by atoms with van der Waals surface area (Å²) in [7, 11) is 0. The van der Waals surface area contributed by atoms with Gasteiger partial charge in [0.05, 0.1) is 0 Å². The first-order chi connectivity index (χ1) is 3.39. The van der Waals surface area contributed by atoms with Crippen LogP contribution in [0.25, 0.3) is 0 Å². The van der Waals surface area contributed by atoms with Crippen LogP contribution in [-0.4, -0.2) is 0 Å². The Labute approximate surface area is 54.1 Å². The van der Waals surface area contributed by atoms with Crippen LogP contribution in [0.5, 0.6) is 0 Å². The molecule has 0 N–H and O–H groups in total. The van der Waals surface area contributed by atoms with Gasteiger partial charge in [0.1, 0.15) is 0 Å². The Hall–Kier alpha value is -0.470. The van der Waals surface area contributed by atoms with Crippen LogP contribution in [0.3, 0.4) is 0 Å². The fourth-order valence-electron chi connectivity index (χ4n) is 0.428. The van der Waals surface area contributed by atoms with Crippen LogP contribution in [0, 0.1) is 0 Å². The van der Waals surface area contributed by atoms with Crippen molar-refractivity contribution >= 4 is 12.6 Å². The molecule has 0 aromatic heterocycles. The van der Waals surface area contributed by atoms with E-state index in [0.29, 0.717) is 0 Å². The van der Waals surface area contributed by atoms with Crippen LogP contribution in [0.15, 0.2) is 35.2 Å². The topological polar surface area (TPSA) is 28.5 Å². The summed E-state index contributed by atoms with van der Waals surface area (Å²) in [6.45, 7) is 0. The summed E-state index contributed by atoms with van der Waals surface area (Å²) in [4.78, 5) is 1.02. The molecule has 0 amide bonds. The van der Waals surface area contributed by atoms with Gasteiger partial charge in [0.25, 0.3) is 0 Å². The van der Waals surface area contributed by atoms with Gasteiger partial charge in [-0.05, 0) is 12.1 Å². The summed E-state index contributed by atoms with van der Waals surface area (Å²) < 4.78 is 0. The lowest BCUT2D eigenvalue weighted by Crippen LogP contribution is -1.56. The zero-order chi connectivity index (χ0) is 5.11. The Bertz CT molecular complexity index is 138. The predicted octanol–water partition coefficient (Wildman–Crippen LogP) is 1.86. The summed E-state index contributed by atoms with van der Waals surface area (Å²) in [5.74, 6) is 0. The Morgan fingerprint density at radius 3 is 1.75 bits per heavy atom. The maximum atomic E-state index is 4.08. The van der Waals surface area contributed by atoms with Gasteiger partial charge in [0.2, 0.25) is 0 Å². The highest BCUT2D eigenvalue weighted by atomic mass is 32.1. The molecule has 2 heteroatoms. The van der Waals surface area contributed by atoms with Crippen molar-refractivity contribution in [2.24, 2.45) is 0 Å². The highest BCUT2D eigenvalue weighted by Crippen LogP contribution is 2.00.